The van der Waals surface area contributed by atoms with Crippen LogP contribution in [0.3, 0.4) is 0 Å². The summed E-state index contributed by atoms with van der Waals surface area (Å²) in [6.07, 6.45) is 8.37. The molecule has 0 saturated carbocycles. The lowest BCUT2D eigenvalue weighted by Gasteiger charge is -2.34. The van der Waals surface area contributed by atoms with Crippen LogP contribution in [0.5, 0.6) is 0 Å². The average Bonchev–Trinajstić information content (AvgIpc) is 3.19. The van der Waals surface area contributed by atoms with Gasteiger partial charge in [0.2, 0.25) is 5.95 Å². The van der Waals surface area contributed by atoms with Gasteiger partial charge in [0.1, 0.15) is 16.7 Å². The third-order valence-corrected chi connectivity index (χ3v) is 9.36. The van der Waals surface area contributed by atoms with Gasteiger partial charge in [0.15, 0.2) is 0 Å². The number of hydrogen-bond donors (Lipinski definition) is 1. The summed E-state index contributed by atoms with van der Waals surface area (Å²) in [5, 5.41) is 10.8. The SMILES string of the molecule is C[C@H]1CN(C(=O)OC(C)(C)C)CCCN1c1nccc(C(N)=CC(=S)[C@@]2(C)CCCc3sc(N=CN(C)C)c(C#N)c32)n1. The van der Waals surface area contributed by atoms with Crippen molar-refractivity contribution in [3.05, 3.63) is 40.0 Å². The maximum Gasteiger partial charge on any atom is 0.410 e. The first-order valence-electron chi connectivity index (χ1n) is 14.6. The highest BCUT2D eigenvalue weighted by Gasteiger charge is 2.40. The molecule has 12 heteroatoms. The van der Waals surface area contributed by atoms with Gasteiger partial charge in [-0.05, 0) is 71.1 Å². The molecule has 1 aliphatic heterocycles. The van der Waals surface area contributed by atoms with E-state index in [0.717, 1.165) is 36.1 Å². The highest BCUT2D eigenvalue weighted by atomic mass is 32.1. The topological polar surface area (TPSA) is 124 Å². The number of ether oxygens (including phenoxy) is 1. The molecule has 0 spiro atoms. The largest absolute Gasteiger partial charge is 0.444 e. The van der Waals surface area contributed by atoms with Gasteiger partial charge >= 0.3 is 6.09 Å². The minimum absolute atomic E-state index is 0.0246. The van der Waals surface area contributed by atoms with Crippen LogP contribution in [0.2, 0.25) is 0 Å². The first-order chi connectivity index (χ1) is 20.2. The predicted octanol–water partition coefficient (Wildman–Crippen LogP) is 5.43. The molecule has 230 valence electrons. The minimum Gasteiger partial charge on any atom is -0.444 e. The first-order valence-corrected chi connectivity index (χ1v) is 15.8. The molecule has 1 saturated heterocycles. The number of nitriles is 1. The van der Waals surface area contributed by atoms with Gasteiger partial charge in [-0.3, -0.25) is 0 Å². The number of hydrogen-bond acceptors (Lipinski definition) is 10. The van der Waals surface area contributed by atoms with Crippen LogP contribution in [0, 0.1) is 11.3 Å². The second kappa shape index (κ2) is 13.0. The van der Waals surface area contributed by atoms with Crippen molar-refractivity contribution in [1.82, 2.24) is 19.8 Å². The lowest BCUT2D eigenvalue weighted by atomic mass is 9.70. The fraction of sp³-hybridized carbons (Fsp3) is 0.548. The van der Waals surface area contributed by atoms with Gasteiger partial charge in [0.05, 0.1) is 23.3 Å². The summed E-state index contributed by atoms with van der Waals surface area (Å²) < 4.78 is 5.60. The summed E-state index contributed by atoms with van der Waals surface area (Å²) in [7, 11) is 3.81. The standard InChI is InChI=1S/C31H42N8O2S2/c1-20-18-38(29(40)41-30(2,3)4)14-9-15-39(20)28-34-13-11-23(36-28)22(33)16-25(42)31(5)12-8-10-24-26(31)21(17-32)27(43-24)35-19-37(6)7/h11,13,16,19-20H,8-10,12,14-15,18,33H2,1-7H3/t20-,31+/m0/s1. The molecule has 4 rings (SSSR count). The Balaban J connectivity index is 1.57. The summed E-state index contributed by atoms with van der Waals surface area (Å²) in [6, 6.07) is 4.16. The van der Waals surface area contributed by atoms with Gasteiger partial charge in [-0.2, -0.15) is 5.26 Å². The monoisotopic (exact) mass is 622 g/mol. The van der Waals surface area contributed by atoms with E-state index in [-0.39, 0.29) is 12.1 Å². The van der Waals surface area contributed by atoms with Gasteiger partial charge in [0.25, 0.3) is 0 Å². The van der Waals surface area contributed by atoms with Gasteiger partial charge in [-0.15, -0.1) is 11.3 Å². The molecule has 43 heavy (non-hydrogen) atoms. The second-order valence-corrected chi connectivity index (χ2v) is 14.1. The van der Waals surface area contributed by atoms with E-state index in [4.69, 9.17) is 27.7 Å². The number of aliphatic imine (C=N–C) groups is 1. The van der Waals surface area contributed by atoms with Crippen molar-refractivity contribution in [2.45, 2.75) is 77.4 Å². The van der Waals surface area contributed by atoms with Crippen molar-refractivity contribution in [3.63, 3.8) is 0 Å². The number of rotatable bonds is 6. The van der Waals surface area contributed by atoms with Crippen molar-refractivity contribution in [1.29, 1.82) is 5.26 Å². The maximum atomic E-state index is 12.7. The van der Waals surface area contributed by atoms with Crippen LogP contribution < -0.4 is 10.6 Å². The third kappa shape index (κ3) is 7.33. The van der Waals surface area contributed by atoms with E-state index >= 15 is 0 Å². The van der Waals surface area contributed by atoms with E-state index in [1.165, 1.54) is 0 Å². The molecule has 0 radical (unpaired) electrons. The first kappa shape index (κ1) is 32.4. The molecule has 1 amide bonds. The second-order valence-electron chi connectivity index (χ2n) is 12.6. The van der Waals surface area contributed by atoms with Gasteiger partial charge < -0.3 is 25.2 Å². The van der Waals surface area contributed by atoms with Crippen LogP contribution in [-0.4, -0.2) is 82.4 Å². The van der Waals surface area contributed by atoms with Crippen molar-refractivity contribution >= 4 is 57.5 Å². The number of nitrogens with two attached hydrogens (primary N) is 1. The molecule has 3 heterocycles. The molecule has 2 aromatic heterocycles. The smallest absolute Gasteiger partial charge is 0.410 e. The van der Waals surface area contributed by atoms with Crippen LogP contribution >= 0.6 is 23.6 Å². The Morgan fingerprint density at radius 1 is 1.35 bits per heavy atom. The zero-order chi connectivity index (χ0) is 31.5. The zero-order valence-electron chi connectivity index (χ0n) is 26.2. The van der Waals surface area contributed by atoms with Crippen LogP contribution in [-0.2, 0) is 16.6 Å². The molecule has 2 aliphatic rings. The number of nitrogens with zero attached hydrogens (tertiary/aromatic N) is 7. The fourth-order valence-corrected chi connectivity index (χ4v) is 7.12. The van der Waals surface area contributed by atoms with E-state index in [2.05, 4.69) is 34.8 Å². The van der Waals surface area contributed by atoms with Crippen molar-refractivity contribution in [2.75, 3.05) is 38.6 Å². The molecule has 2 atom stereocenters. The van der Waals surface area contributed by atoms with Crippen LogP contribution in [0.1, 0.15) is 75.6 Å². The highest BCUT2D eigenvalue weighted by Crippen LogP contribution is 2.48. The number of thiocarbonyl (C=S) groups is 1. The number of allylic oxidation sites excluding steroid dienone is 1. The number of amides is 1. The normalized spacial score (nSPS) is 21.3. The molecular weight excluding hydrogens is 581 g/mol. The molecule has 10 nitrogen and oxygen atoms in total. The molecule has 1 fully saturated rings. The van der Waals surface area contributed by atoms with Gasteiger partial charge in [-0.1, -0.05) is 19.1 Å². The van der Waals surface area contributed by atoms with Crippen molar-refractivity contribution < 1.29 is 9.53 Å². The number of aromatic nitrogens is 2. The lowest BCUT2D eigenvalue weighted by Crippen LogP contribution is -2.43. The highest BCUT2D eigenvalue weighted by molar-refractivity contribution is 7.81. The van der Waals surface area contributed by atoms with Gasteiger partial charge in [0, 0.05) is 61.1 Å². The molecule has 1 aliphatic carbocycles. The molecule has 0 unspecified atom stereocenters. The Hall–Kier alpha value is -3.56. The van der Waals surface area contributed by atoms with Crippen LogP contribution in [0.25, 0.3) is 5.70 Å². The minimum atomic E-state index is -0.549. The summed E-state index contributed by atoms with van der Waals surface area (Å²) in [5.41, 5.74) is 8.14. The molecule has 2 N–H and O–H groups in total. The van der Waals surface area contributed by atoms with Crippen molar-refractivity contribution in [3.8, 4) is 6.07 Å². The molecule has 0 aromatic carbocycles. The van der Waals surface area contributed by atoms with Crippen molar-refractivity contribution in [2.24, 2.45) is 10.7 Å². The van der Waals surface area contributed by atoms with E-state index < -0.39 is 11.0 Å². The number of thiophene rings is 1. The van der Waals surface area contributed by atoms with E-state index in [1.54, 1.807) is 34.8 Å². The fourth-order valence-electron chi connectivity index (χ4n) is 5.53. The van der Waals surface area contributed by atoms with Crippen LogP contribution in [0.15, 0.2) is 23.3 Å². The lowest BCUT2D eigenvalue weighted by molar-refractivity contribution is 0.0251. The molecule has 2 aromatic rings. The maximum absolute atomic E-state index is 12.7. The van der Waals surface area contributed by atoms with Crippen LogP contribution in [0.4, 0.5) is 15.7 Å². The Morgan fingerprint density at radius 2 is 2.09 bits per heavy atom. The summed E-state index contributed by atoms with van der Waals surface area (Å²) in [5.74, 6) is 0.553. The number of anilines is 1. The Morgan fingerprint density at radius 3 is 2.77 bits per heavy atom. The van der Waals surface area contributed by atoms with E-state index in [1.807, 2.05) is 45.8 Å². The third-order valence-electron chi connectivity index (χ3n) is 7.63. The zero-order valence-corrected chi connectivity index (χ0v) is 27.8. The average molecular weight is 623 g/mol. The molecular formula is C31H42N8O2S2. The number of carbonyl (C=O) groups is 1. The summed E-state index contributed by atoms with van der Waals surface area (Å²) in [4.78, 5) is 34.2. The Bertz CT molecular complexity index is 1470. The summed E-state index contributed by atoms with van der Waals surface area (Å²) in [6.45, 7) is 11.6. The van der Waals surface area contributed by atoms with E-state index in [0.29, 0.717) is 52.4 Å². The molecule has 0 bridgehead atoms. The Labute approximate surface area is 264 Å². The number of aryl methyl sites for hydroxylation is 1. The predicted molar refractivity (Wildman–Crippen MR) is 177 cm³/mol. The van der Waals surface area contributed by atoms with Gasteiger partial charge in [-0.25, -0.2) is 19.8 Å². The quantitative estimate of drug-likeness (QED) is 0.194. The summed E-state index contributed by atoms with van der Waals surface area (Å²) >= 11 is 7.59. The number of carbonyl (C=O) groups excluding carboxylic acids is 1. The number of fused-ring (bicyclic) bond motifs is 1. The van der Waals surface area contributed by atoms with E-state index in [9.17, 15) is 10.1 Å². The Kier molecular flexibility index (Phi) is 9.76.